The van der Waals surface area contributed by atoms with Crippen molar-refractivity contribution in [2.75, 3.05) is 0 Å². The van der Waals surface area contributed by atoms with E-state index in [2.05, 4.69) is 0 Å². The van der Waals surface area contributed by atoms with Crippen LogP contribution in [-0.2, 0) is 9.59 Å². The fourth-order valence-electron chi connectivity index (χ4n) is 1.62. The molecule has 1 aliphatic carbocycles. The second kappa shape index (κ2) is 3.86. The van der Waals surface area contributed by atoms with Crippen molar-refractivity contribution in [1.82, 2.24) is 0 Å². The highest BCUT2D eigenvalue weighted by molar-refractivity contribution is 5.86. The Morgan fingerprint density at radius 1 is 1.11 bits per heavy atom. The van der Waals surface area contributed by atoms with Crippen LogP contribution in [0.1, 0.15) is 13.8 Å². The molecule has 1 rings (SSSR count). The molecule has 2 unspecified atom stereocenters. The lowest BCUT2D eigenvalue weighted by atomic mass is 9.71. The van der Waals surface area contributed by atoms with Crippen molar-refractivity contribution in [3.8, 4) is 0 Å². The van der Waals surface area contributed by atoms with Gasteiger partial charge in [-0.15, -0.1) is 0 Å². The Morgan fingerprint density at radius 3 is 1.94 bits per heavy atom. The Kier molecular flexibility index (Phi) is 3.06. The van der Waals surface area contributed by atoms with Crippen LogP contribution in [0, 0.1) is 10.8 Å². The Bertz CT molecular complexity index is 463. The Morgan fingerprint density at radius 2 is 1.61 bits per heavy atom. The Hall–Kier alpha value is -1.79. The molecule has 0 radical (unpaired) electrons. The Labute approximate surface area is 100 Å². The van der Waals surface area contributed by atoms with Crippen molar-refractivity contribution >= 4 is 11.9 Å². The van der Waals surface area contributed by atoms with Gasteiger partial charge in [0, 0.05) is 0 Å². The molecular weight excluding hydrogens is 253 g/mol. The van der Waals surface area contributed by atoms with Crippen molar-refractivity contribution in [1.29, 1.82) is 0 Å². The lowest BCUT2D eigenvalue weighted by Crippen LogP contribution is -2.40. The van der Waals surface area contributed by atoms with Crippen molar-refractivity contribution in [2.24, 2.45) is 10.8 Å². The normalized spacial score (nSPS) is 31.9. The summed E-state index contributed by atoms with van der Waals surface area (Å²) in [7, 11) is 0. The van der Waals surface area contributed by atoms with Crippen LogP contribution in [-0.4, -0.2) is 28.3 Å². The van der Waals surface area contributed by atoms with E-state index in [1.54, 1.807) is 0 Å². The van der Waals surface area contributed by atoms with E-state index in [4.69, 9.17) is 10.2 Å². The SMILES string of the molecule is CC1(C(=O)O)C=CC(C)(C(=O)O)C(C(F)(F)F)=C1. The van der Waals surface area contributed by atoms with E-state index in [-0.39, 0.29) is 0 Å². The number of carboxylic acids is 2. The van der Waals surface area contributed by atoms with E-state index >= 15 is 0 Å². The molecule has 0 aromatic rings. The molecule has 100 valence electrons. The van der Waals surface area contributed by atoms with Gasteiger partial charge in [0.15, 0.2) is 0 Å². The monoisotopic (exact) mass is 264 g/mol. The zero-order valence-corrected chi connectivity index (χ0v) is 9.58. The molecule has 0 amide bonds. The number of carboxylic acid groups (broad SMARTS) is 2. The van der Waals surface area contributed by atoms with Crippen molar-refractivity contribution in [3.63, 3.8) is 0 Å². The summed E-state index contributed by atoms with van der Waals surface area (Å²) in [5, 5.41) is 17.8. The lowest BCUT2D eigenvalue weighted by Gasteiger charge is -2.33. The van der Waals surface area contributed by atoms with Gasteiger partial charge in [0.25, 0.3) is 0 Å². The summed E-state index contributed by atoms with van der Waals surface area (Å²) in [6.07, 6.45) is -2.73. The zero-order chi connectivity index (χ0) is 14.4. The van der Waals surface area contributed by atoms with E-state index in [1.807, 2.05) is 0 Å². The van der Waals surface area contributed by atoms with Gasteiger partial charge >= 0.3 is 18.1 Å². The largest absolute Gasteiger partial charge is 0.480 e. The van der Waals surface area contributed by atoms with Crippen LogP contribution in [0.5, 0.6) is 0 Å². The molecule has 2 N–H and O–H groups in total. The molecule has 0 fully saturated rings. The van der Waals surface area contributed by atoms with Crippen LogP contribution in [0.15, 0.2) is 23.8 Å². The molecule has 0 heterocycles. The average molecular weight is 264 g/mol. The maximum Gasteiger partial charge on any atom is 0.413 e. The highest BCUT2D eigenvalue weighted by Gasteiger charge is 2.52. The molecular formula is C11H11F3O4. The zero-order valence-electron chi connectivity index (χ0n) is 9.58. The van der Waals surface area contributed by atoms with Gasteiger partial charge in [-0.1, -0.05) is 18.2 Å². The summed E-state index contributed by atoms with van der Waals surface area (Å²) in [6, 6.07) is 0. The number of halogens is 3. The Balaban J connectivity index is 3.46. The second-order valence-corrected chi connectivity index (χ2v) is 4.48. The molecule has 0 spiro atoms. The number of hydrogen-bond acceptors (Lipinski definition) is 2. The third kappa shape index (κ3) is 2.12. The van der Waals surface area contributed by atoms with Crippen LogP contribution in [0.2, 0.25) is 0 Å². The van der Waals surface area contributed by atoms with Crippen molar-refractivity contribution in [2.45, 2.75) is 20.0 Å². The number of aliphatic carboxylic acids is 2. The van der Waals surface area contributed by atoms with Crippen molar-refractivity contribution < 1.29 is 33.0 Å². The first-order chi connectivity index (χ1) is 7.93. The first kappa shape index (κ1) is 14.3. The molecule has 0 aromatic heterocycles. The fraction of sp³-hybridized carbons (Fsp3) is 0.455. The maximum atomic E-state index is 12.8. The van der Waals surface area contributed by atoms with Crippen LogP contribution >= 0.6 is 0 Å². The van der Waals surface area contributed by atoms with Gasteiger partial charge in [0.1, 0.15) is 10.8 Å². The summed E-state index contributed by atoms with van der Waals surface area (Å²) in [4.78, 5) is 21.9. The lowest BCUT2D eigenvalue weighted by molar-refractivity contribution is -0.152. The summed E-state index contributed by atoms with van der Waals surface area (Å²) < 4.78 is 38.5. The third-order valence-corrected chi connectivity index (χ3v) is 2.98. The van der Waals surface area contributed by atoms with Crippen LogP contribution < -0.4 is 0 Å². The van der Waals surface area contributed by atoms with E-state index in [0.29, 0.717) is 6.08 Å². The number of carbonyl (C=O) groups is 2. The first-order valence-electron chi connectivity index (χ1n) is 4.91. The quantitative estimate of drug-likeness (QED) is 0.750. The van der Waals surface area contributed by atoms with Gasteiger partial charge in [0.05, 0.1) is 5.57 Å². The predicted molar refractivity (Wildman–Crippen MR) is 54.8 cm³/mol. The van der Waals surface area contributed by atoms with Crippen LogP contribution in [0.4, 0.5) is 13.2 Å². The van der Waals surface area contributed by atoms with Gasteiger partial charge in [-0.3, -0.25) is 9.59 Å². The van der Waals surface area contributed by atoms with Crippen molar-refractivity contribution in [3.05, 3.63) is 23.8 Å². The summed E-state index contributed by atoms with van der Waals surface area (Å²) in [6.45, 7) is 1.95. The molecule has 0 saturated carbocycles. The predicted octanol–water partition coefficient (Wildman–Crippen LogP) is 2.23. The molecule has 0 bridgehead atoms. The van der Waals surface area contributed by atoms with Gasteiger partial charge in [-0.25, -0.2) is 0 Å². The molecule has 4 nitrogen and oxygen atoms in total. The summed E-state index contributed by atoms with van der Waals surface area (Å²) in [5.41, 5.74) is -5.51. The van der Waals surface area contributed by atoms with Gasteiger partial charge < -0.3 is 10.2 Å². The second-order valence-electron chi connectivity index (χ2n) is 4.48. The first-order valence-corrected chi connectivity index (χ1v) is 4.91. The number of rotatable bonds is 2. The minimum Gasteiger partial charge on any atom is -0.480 e. The minimum atomic E-state index is -4.91. The highest BCUT2D eigenvalue weighted by atomic mass is 19.4. The molecule has 0 aliphatic heterocycles. The molecule has 0 saturated heterocycles. The molecule has 0 aromatic carbocycles. The van der Waals surface area contributed by atoms with E-state index < -0.39 is 34.5 Å². The van der Waals surface area contributed by atoms with Gasteiger partial charge in [-0.2, -0.15) is 13.2 Å². The van der Waals surface area contributed by atoms with Gasteiger partial charge in [-0.05, 0) is 13.8 Å². The third-order valence-electron chi connectivity index (χ3n) is 2.98. The topological polar surface area (TPSA) is 74.6 Å². The standard InChI is InChI=1S/C11H11F3O4/c1-9(7(15)16)3-4-10(2,8(17)18)6(5-9)11(12,13)14/h3-5H,1-2H3,(H,15,16)(H,17,18). The average Bonchev–Trinajstić information content (AvgIpc) is 2.20. The van der Waals surface area contributed by atoms with Gasteiger partial charge in [0.2, 0.25) is 0 Å². The molecule has 7 heteroatoms. The molecule has 1 aliphatic rings. The minimum absolute atomic E-state index is 0.448. The number of hydrogen-bond donors (Lipinski definition) is 2. The molecule has 2 atom stereocenters. The summed E-state index contributed by atoms with van der Waals surface area (Å²) >= 11 is 0. The maximum absolute atomic E-state index is 12.8. The fourth-order valence-corrected chi connectivity index (χ4v) is 1.62. The number of alkyl halides is 3. The molecule has 18 heavy (non-hydrogen) atoms. The van der Waals surface area contributed by atoms with E-state index in [0.717, 1.165) is 26.0 Å². The smallest absolute Gasteiger partial charge is 0.413 e. The van der Waals surface area contributed by atoms with E-state index in [1.165, 1.54) is 0 Å². The summed E-state index contributed by atoms with van der Waals surface area (Å²) in [5.74, 6) is -3.16. The van der Waals surface area contributed by atoms with Crippen LogP contribution in [0.3, 0.4) is 0 Å². The van der Waals surface area contributed by atoms with E-state index in [9.17, 15) is 22.8 Å². The highest BCUT2D eigenvalue weighted by Crippen LogP contribution is 2.46. The van der Waals surface area contributed by atoms with Crippen LogP contribution in [0.25, 0.3) is 0 Å².